The lowest BCUT2D eigenvalue weighted by atomic mass is 9.80. The Balaban J connectivity index is 1.54. The van der Waals surface area contributed by atoms with Gasteiger partial charge in [0.05, 0.1) is 35.7 Å². The van der Waals surface area contributed by atoms with E-state index in [1.807, 2.05) is 6.92 Å². The number of carboxylic acid groups (broad SMARTS) is 1. The lowest BCUT2D eigenvalue weighted by Gasteiger charge is -2.32. The van der Waals surface area contributed by atoms with E-state index >= 15 is 4.39 Å². The summed E-state index contributed by atoms with van der Waals surface area (Å²) in [5.74, 6) is -0.290. The number of hydrogen-bond acceptors (Lipinski definition) is 5. The number of carbonyl (C=O) groups is 1. The molecular formula is C28H34FN3O5S. The predicted octanol–water partition coefficient (Wildman–Crippen LogP) is 4.99. The maximum Gasteiger partial charge on any atom is 0.309 e. The number of nitrogens with zero attached hydrogens (tertiary/aromatic N) is 3. The van der Waals surface area contributed by atoms with E-state index in [4.69, 9.17) is 4.74 Å². The van der Waals surface area contributed by atoms with Crippen molar-refractivity contribution >= 4 is 26.9 Å². The van der Waals surface area contributed by atoms with Crippen LogP contribution < -0.4 is 4.74 Å². The molecule has 2 aliphatic rings. The third kappa shape index (κ3) is 5.16. The Morgan fingerprint density at radius 1 is 1.13 bits per heavy atom. The molecule has 1 aliphatic heterocycles. The monoisotopic (exact) mass is 543 g/mol. The number of fused-ring (bicyclic) bond motifs is 1. The summed E-state index contributed by atoms with van der Waals surface area (Å²) in [6, 6.07) is 12.5. The fourth-order valence-electron chi connectivity index (χ4n) is 6.06. The van der Waals surface area contributed by atoms with Crippen LogP contribution in [0.5, 0.6) is 5.75 Å². The first-order valence-corrected chi connectivity index (χ1v) is 14.7. The van der Waals surface area contributed by atoms with E-state index in [2.05, 4.69) is 5.10 Å². The summed E-state index contributed by atoms with van der Waals surface area (Å²) in [6.07, 6.45) is 5.04. The fourth-order valence-corrected chi connectivity index (χ4v) is 7.56. The average molecular weight is 544 g/mol. The van der Waals surface area contributed by atoms with E-state index in [1.165, 1.54) is 16.4 Å². The molecule has 10 heteroatoms. The van der Waals surface area contributed by atoms with E-state index in [0.717, 1.165) is 32.1 Å². The van der Waals surface area contributed by atoms with Crippen molar-refractivity contribution in [3.63, 3.8) is 0 Å². The van der Waals surface area contributed by atoms with Gasteiger partial charge in [-0.1, -0.05) is 50.3 Å². The van der Waals surface area contributed by atoms with Gasteiger partial charge in [0.15, 0.2) is 0 Å². The third-order valence-corrected chi connectivity index (χ3v) is 9.67. The Hall–Kier alpha value is -2.98. The zero-order valence-corrected chi connectivity index (χ0v) is 22.4. The highest BCUT2D eigenvalue weighted by molar-refractivity contribution is 7.89. The fraction of sp³-hybridized carbons (Fsp3) is 0.500. The van der Waals surface area contributed by atoms with Crippen LogP contribution in [0, 0.1) is 5.92 Å². The van der Waals surface area contributed by atoms with E-state index in [0.29, 0.717) is 29.0 Å². The van der Waals surface area contributed by atoms with Crippen LogP contribution in [0.25, 0.3) is 10.9 Å². The molecule has 0 amide bonds. The SMILES string of the molecule is CCOc1ccc(S(=O)(=O)N2C[C@H](n3nc(CC(=O)O)c4ccccc43)[C@](F)(CC3CCCCC3)C2)cc1. The zero-order valence-electron chi connectivity index (χ0n) is 21.6. The quantitative estimate of drug-likeness (QED) is 0.408. The van der Waals surface area contributed by atoms with Crippen molar-refractivity contribution in [2.75, 3.05) is 19.7 Å². The first kappa shape index (κ1) is 26.6. The van der Waals surface area contributed by atoms with Crippen LogP contribution in [-0.4, -0.2) is 58.9 Å². The maximum absolute atomic E-state index is 17.2. The van der Waals surface area contributed by atoms with Gasteiger partial charge in [-0.3, -0.25) is 9.48 Å². The summed E-state index contributed by atoms with van der Waals surface area (Å²) >= 11 is 0. The minimum Gasteiger partial charge on any atom is -0.494 e. The summed E-state index contributed by atoms with van der Waals surface area (Å²) in [5.41, 5.74) is -0.893. The third-order valence-electron chi connectivity index (χ3n) is 7.84. The Bertz CT molecular complexity index is 1400. The first-order chi connectivity index (χ1) is 18.2. The molecule has 1 aromatic heterocycles. The molecule has 1 saturated heterocycles. The van der Waals surface area contributed by atoms with Gasteiger partial charge < -0.3 is 9.84 Å². The van der Waals surface area contributed by atoms with E-state index < -0.39 is 27.7 Å². The van der Waals surface area contributed by atoms with Gasteiger partial charge in [0.1, 0.15) is 17.5 Å². The number of aliphatic carboxylic acids is 1. The van der Waals surface area contributed by atoms with Crippen LogP contribution in [0.4, 0.5) is 4.39 Å². The zero-order chi connectivity index (χ0) is 26.9. The normalized spacial score (nSPS) is 23.2. The van der Waals surface area contributed by atoms with Gasteiger partial charge in [0, 0.05) is 11.9 Å². The molecule has 0 unspecified atom stereocenters. The smallest absolute Gasteiger partial charge is 0.309 e. The van der Waals surface area contributed by atoms with Gasteiger partial charge in [0.2, 0.25) is 10.0 Å². The molecule has 0 radical (unpaired) electrons. The molecule has 3 aromatic rings. The van der Waals surface area contributed by atoms with Crippen LogP contribution in [0.2, 0.25) is 0 Å². The van der Waals surface area contributed by atoms with Crippen LogP contribution in [0.3, 0.4) is 0 Å². The molecule has 0 bridgehead atoms. The molecule has 2 fully saturated rings. The summed E-state index contributed by atoms with van der Waals surface area (Å²) in [6.45, 7) is 1.96. The van der Waals surface area contributed by atoms with Crippen LogP contribution in [0.15, 0.2) is 53.4 Å². The van der Waals surface area contributed by atoms with Crippen molar-refractivity contribution in [2.24, 2.45) is 5.92 Å². The molecule has 1 saturated carbocycles. The number of sulfonamides is 1. The molecule has 38 heavy (non-hydrogen) atoms. The molecule has 2 heterocycles. The average Bonchev–Trinajstić information content (AvgIpc) is 3.42. The number of ether oxygens (including phenoxy) is 1. The van der Waals surface area contributed by atoms with Gasteiger partial charge in [-0.25, -0.2) is 12.8 Å². The molecular weight excluding hydrogens is 509 g/mol. The number of halogens is 1. The molecule has 1 N–H and O–H groups in total. The Labute approximate surface area is 222 Å². The van der Waals surface area contributed by atoms with Gasteiger partial charge >= 0.3 is 5.97 Å². The number of hydrogen-bond donors (Lipinski definition) is 1. The number of rotatable bonds is 9. The van der Waals surface area contributed by atoms with E-state index in [9.17, 15) is 18.3 Å². The summed E-state index contributed by atoms with van der Waals surface area (Å²) in [4.78, 5) is 11.6. The predicted molar refractivity (Wildman–Crippen MR) is 142 cm³/mol. The lowest BCUT2D eigenvalue weighted by Crippen LogP contribution is -2.38. The van der Waals surface area contributed by atoms with Crippen LogP contribution >= 0.6 is 0 Å². The van der Waals surface area contributed by atoms with Crippen molar-refractivity contribution in [3.05, 3.63) is 54.2 Å². The van der Waals surface area contributed by atoms with Gasteiger partial charge in [-0.15, -0.1) is 0 Å². The maximum atomic E-state index is 17.2. The van der Waals surface area contributed by atoms with Gasteiger partial charge in [0.25, 0.3) is 0 Å². The topological polar surface area (TPSA) is 102 Å². The van der Waals surface area contributed by atoms with Gasteiger partial charge in [-0.2, -0.15) is 9.40 Å². The number of aromatic nitrogens is 2. The van der Waals surface area contributed by atoms with Crippen LogP contribution in [-0.2, 0) is 21.2 Å². The number of alkyl halides is 1. The van der Waals surface area contributed by atoms with Crippen molar-refractivity contribution in [1.82, 2.24) is 14.1 Å². The van der Waals surface area contributed by atoms with E-state index in [1.54, 1.807) is 41.1 Å². The summed E-state index contributed by atoms with van der Waals surface area (Å²) in [5, 5.41) is 14.6. The Kier molecular flexibility index (Phi) is 7.46. The molecule has 8 nitrogen and oxygen atoms in total. The molecule has 5 rings (SSSR count). The van der Waals surface area contributed by atoms with Crippen molar-refractivity contribution in [3.8, 4) is 5.75 Å². The summed E-state index contributed by atoms with van der Waals surface area (Å²) < 4.78 is 52.8. The molecule has 2 aromatic carbocycles. The Morgan fingerprint density at radius 2 is 1.84 bits per heavy atom. The minimum absolute atomic E-state index is 0.0820. The number of carboxylic acids is 1. The molecule has 204 valence electrons. The van der Waals surface area contributed by atoms with Crippen molar-refractivity contribution < 1.29 is 27.4 Å². The first-order valence-electron chi connectivity index (χ1n) is 13.3. The van der Waals surface area contributed by atoms with E-state index in [-0.39, 0.29) is 36.7 Å². The van der Waals surface area contributed by atoms with Crippen LogP contribution in [0.1, 0.15) is 57.2 Å². The standard InChI is InChI=1S/C28H34FN3O5S/c1-2-37-21-12-14-22(15-13-21)38(35,36)31-18-26(28(29,19-31)17-20-8-4-3-5-9-20)32-25-11-7-6-10-23(25)24(30-32)16-27(33)34/h6-7,10-15,20,26H,2-5,8-9,16-19H2,1H3,(H,33,34)/t26-,28-/m0/s1. The molecule has 2 atom stereocenters. The second-order valence-corrected chi connectivity index (χ2v) is 12.4. The minimum atomic E-state index is -3.99. The Morgan fingerprint density at radius 3 is 2.53 bits per heavy atom. The number of benzene rings is 2. The second kappa shape index (κ2) is 10.6. The number of para-hydroxylation sites is 1. The highest BCUT2D eigenvalue weighted by Crippen LogP contribution is 2.45. The summed E-state index contributed by atoms with van der Waals surface area (Å²) in [7, 11) is -3.99. The van der Waals surface area contributed by atoms with Crippen molar-refractivity contribution in [1.29, 1.82) is 0 Å². The lowest BCUT2D eigenvalue weighted by molar-refractivity contribution is -0.136. The highest BCUT2D eigenvalue weighted by Gasteiger charge is 2.53. The van der Waals surface area contributed by atoms with Crippen molar-refractivity contribution in [2.45, 2.75) is 68.5 Å². The molecule has 0 spiro atoms. The largest absolute Gasteiger partial charge is 0.494 e. The van der Waals surface area contributed by atoms with Gasteiger partial charge in [-0.05, 0) is 49.6 Å². The highest BCUT2D eigenvalue weighted by atomic mass is 32.2. The molecule has 1 aliphatic carbocycles. The second-order valence-electron chi connectivity index (χ2n) is 10.4.